The Morgan fingerprint density at radius 2 is 2.15 bits per heavy atom. The molecule has 2 heterocycles. The minimum absolute atomic E-state index is 0.196. The van der Waals surface area contributed by atoms with Crippen molar-refractivity contribution in [3.8, 4) is 0 Å². The van der Waals surface area contributed by atoms with Gasteiger partial charge in [-0.2, -0.15) is 0 Å². The molecule has 0 fully saturated rings. The van der Waals surface area contributed by atoms with Crippen molar-refractivity contribution in [2.24, 2.45) is 12.0 Å². The Balaban J connectivity index is 2.38. The predicted octanol–water partition coefficient (Wildman–Crippen LogP) is 2.44. The summed E-state index contributed by atoms with van der Waals surface area (Å²) in [4.78, 5) is 11.6. The van der Waals surface area contributed by atoms with Crippen LogP contribution in [0.25, 0.3) is 11.4 Å². The van der Waals surface area contributed by atoms with E-state index in [4.69, 9.17) is 4.99 Å². The molecule has 0 aliphatic carbocycles. The average molecular weight is 376 g/mol. The summed E-state index contributed by atoms with van der Waals surface area (Å²) < 4.78 is 2.10. The van der Waals surface area contributed by atoms with Gasteiger partial charge in [-0.3, -0.25) is 0 Å². The van der Waals surface area contributed by atoms with Crippen LogP contribution in [0.2, 0.25) is 0 Å². The second kappa shape index (κ2) is 9.86. The molecule has 26 heavy (non-hydrogen) atoms. The quantitative estimate of drug-likeness (QED) is 0.720. The van der Waals surface area contributed by atoms with Crippen LogP contribution in [0.1, 0.15) is 46.5 Å². The van der Waals surface area contributed by atoms with E-state index in [2.05, 4.69) is 66.9 Å². The van der Waals surface area contributed by atoms with E-state index in [-0.39, 0.29) is 5.25 Å². The lowest BCUT2D eigenvalue weighted by atomic mass is 10.2. The minimum atomic E-state index is 0.196. The summed E-state index contributed by atoms with van der Waals surface area (Å²) in [6.07, 6.45) is 11.0. The van der Waals surface area contributed by atoms with Gasteiger partial charge in [0, 0.05) is 33.9 Å². The number of imidazole rings is 1. The number of fused-ring (bicyclic) bond motifs is 1. The molecule has 0 saturated heterocycles. The molecule has 0 spiro atoms. The number of hydrogen-bond donors (Lipinski definition) is 1. The van der Waals surface area contributed by atoms with Crippen LogP contribution in [0.5, 0.6) is 0 Å². The number of aryl methyl sites for hydroxylation is 1. The molecular weight excluding hydrogens is 342 g/mol. The van der Waals surface area contributed by atoms with Crippen molar-refractivity contribution in [3.05, 3.63) is 28.1 Å². The molecule has 1 aromatic heterocycles. The number of nitrogens with one attached hydrogen (secondary N) is 1. The highest BCUT2D eigenvalue weighted by molar-refractivity contribution is 8.04. The van der Waals surface area contributed by atoms with Crippen LogP contribution in [0.4, 0.5) is 0 Å². The third-order valence-corrected chi connectivity index (χ3v) is 6.07. The van der Waals surface area contributed by atoms with E-state index in [0.29, 0.717) is 0 Å². The van der Waals surface area contributed by atoms with E-state index in [1.165, 1.54) is 23.4 Å². The number of nitrogens with zero attached hydrogens (tertiary/aromatic N) is 4. The highest BCUT2D eigenvalue weighted by Crippen LogP contribution is 2.29. The summed E-state index contributed by atoms with van der Waals surface area (Å²) in [6.45, 7) is 7.76. The lowest BCUT2D eigenvalue weighted by molar-refractivity contribution is 0.430. The Bertz CT molecular complexity index is 775. The van der Waals surface area contributed by atoms with Crippen molar-refractivity contribution in [1.29, 1.82) is 0 Å². The van der Waals surface area contributed by atoms with Gasteiger partial charge < -0.3 is 14.8 Å². The van der Waals surface area contributed by atoms with E-state index in [1.807, 2.05) is 25.1 Å². The summed E-state index contributed by atoms with van der Waals surface area (Å²) in [5.74, 6) is 0.835. The van der Waals surface area contributed by atoms with Gasteiger partial charge in [-0.15, -0.1) is 0 Å². The van der Waals surface area contributed by atoms with Gasteiger partial charge in [0.05, 0.1) is 22.0 Å². The molecule has 6 heteroatoms. The number of aliphatic imine (C=N–C) groups is 1. The summed E-state index contributed by atoms with van der Waals surface area (Å²) >= 11 is 1.89. The first-order valence-corrected chi connectivity index (χ1v) is 10.4. The SMILES string of the molecule is CCC/C=C(/SC1C=NC(NC)=c2ncn(C)c2=C1C)N(C)CCCC. The smallest absolute Gasteiger partial charge is 0.153 e. The molecule has 0 saturated carbocycles. The Labute approximate surface area is 162 Å². The van der Waals surface area contributed by atoms with Gasteiger partial charge in [-0.25, -0.2) is 9.98 Å². The highest BCUT2D eigenvalue weighted by Gasteiger charge is 2.19. The molecule has 1 aliphatic rings. The molecule has 0 bridgehead atoms. The third kappa shape index (κ3) is 4.72. The van der Waals surface area contributed by atoms with Crippen LogP contribution in [-0.2, 0) is 7.05 Å². The summed E-state index contributed by atoms with van der Waals surface area (Å²) in [5.41, 5.74) is 1.30. The molecule has 2 rings (SSSR count). The molecule has 1 aliphatic heterocycles. The lowest BCUT2D eigenvalue weighted by Crippen LogP contribution is -2.35. The molecule has 0 radical (unpaired) electrons. The van der Waals surface area contributed by atoms with Gasteiger partial charge in [0.15, 0.2) is 5.82 Å². The molecule has 0 aromatic carbocycles. The number of allylic oxidation sites excluding steroid dienone is 1. The van der Waals surface area contributed by atoms with Crippen LogP contribution in [0.15, 0.2) is 22.4 Å². The van der Waals surface area contributed by atoms with Crippen LogP contribution >= 0.6 is 11.8 Å². The topological polar surface area (TPSA) is 45.5 Å². The van der Waals surface area contributed by atoms with E-state index >= 15 is 0 Å². The first-order chi connectivity index (χ1) is 12.5. The standard InChI is InChI=1S/C20H33N5S/c1-7-9-11-17(24(5)12-10-8-2)26-16-13-22-20(21-4)18-19(15(16)3)25(6)14-23-18/h11,13-14,16,21H,7-10,12H2,1-6H3/b17-11+. The molecule has 1 aromatic rings. The number of rotatable bonds is 9. The third-order valence-electron chi connectivity index (χ3n) is 4.62. The zero-order valence-electron chi connectivity index (χ0n) is 17.0. The molecule has 5 nitrogen and oxygen atoms in total. The van der Waals surface area contributed by atoms with E-state index in [9.17, 15) is 0 Å². The molecule has 0 amide bonds. The van der Waals surface area contributed by atoms with Crippen LogP contribution in [-0.4, -0.2) is 46.6 Å². The molecule has 144 valence electrons. The van der Waals surface area contributed by atoms with Gasteiger partial charge in [0.25, 0.3) is 0 Å². The largest absolute Gasteiger partial charge is 0.371 e. The summed E-state index contributed by atoms with van der Waals surface area (Å²) in [6, 6.07) is 0. The number of thioether (sulfide) groups is 1. The Hall–Kier alpha value is -1.69. The van der Waals surface area contributed by atoms with Crippen molar-refractivity contribution in [3.63, 3.8) is 0 Å². The first-order valence-electron chi connectivity index (χ1n) is 9.55. The maximum atomic E-state index is 4.70. The molecule has 1 unspecified atom stereocenters. The van der Waals surface area contributed by atoms with Gasteiger partial charge in [0.1, 0.15) is 5.35 Å². The van der Waals surface area contributed by atoms with Crippen molar-refractivity contribution < 1.29 is 0 Å². The van der Waals surface area contributed by atoms with Crippen molar-refractivity contribution >= 4 is 29.4 Å². The first kappa shape index (κ1) is 20.6. The highest BCUT2D eigenvalue weighted by atomic mass is 32.2. The number of hydrogen-bond acceptors (Lipinski definition) is 5. The van der Waals surface area contributed by atoms with Gasteiger partial charge in [-0.1, -0.05) is 44.5 Å². The minimum Gasteiger partial charge on any atom is -0.371 e. The zero-order valence-corrected chi connectivity index (χ0v) is 17.9. The van der Waals surface area contributed by atoms with Gasteiger partial charge in [-0.05, 0) is 25.3 Å². The molecular formula is C20H33N5S. The maximum absolute atomic E-state index is 4.70. The van der Waals surface area contributed by atoms with Crippen LogP contribution in [0, 0.1) is 0 Å². The fraction of sp³-hybridized carbons (Fsp3) is 0.600. The van der Waals surface area contributed by atoms with Gasteiger partial charge >= 0.3 is 0 Å². The summed E-state index contributed by atoms with van der Waals surface area (Å²) in [5, 5.41) is 6.82. The van der Waals surface area contributed by atoms with Gasteiger partial charge in [0.2, 0.25) is 0 Å². The van der Waals surface area contributed by atoms with E-state index < -0.39 is 0 Å². The normalized spacial score (nSPS) is 17.3. The molecule has 1 N–H and O–H groups in total. The fourth-order valence-electron chi connectivity index (χ4n) is 3.02. The number of aromatic nitrogens is 2. The van der Waals surface area contributed by atoms with Crippen molar-refractivity contribution in [2.45, 2.75) is 51.7 Å². The van der Waals surface area contributed by atoms with Crippen molar-refractivity contribution in [2.75, 3.05) is 20.6 Å². The Morgan fingerprint density at radius 3 is 2.81 bits per heavy atom. The second-order valence-electron chi connectivity index (χ2n) is 6.76. The van der Waals surface area contributed by atoms with E-state index in [0.717, 1.165) is 35.9 Å². The maximum Gasteiger partial charge on any atom is 0.153 e. The summed E-state index contributed by atoms with van der Waals surface area (Å²) in [7, 11) is 6.16. The van der Waals surface area contributed by atoms with Crippen LogP contribution < -0.4 is 16.0 Å². The predicted molar refractivity (Wildman–Crippen MR) is 114 cm³/mol. The second-order valence-corrected chi connectivity index (χ2v) is 7.92. The number of unbranched alkanes of at least 4 members (excludes halogenated alkanes) is 2. The van der Waals surface area contributed by atoms with Crippen molar-refractivity contribution in [1.82, 2.24) is 19.8 Å². The molecule has 1 atom stereocenters. The lowest BCUT2D eigenvalue weighted by Gasteiger charge is -2.25. The average Bonchev–Trinajstić information content (AvgIpc) is 2.96. The fourth-order valence-corrected chi connectivity index (χ4v) is 4.17. The Morgan fingerprint density at radius 1 is 1.38 bits per heavy atom. The van der Waals surface area contributed by atoms with E-state index in [1.54, 1.807) is 0 Å². The Kier molecular flexibility index (Phi) is 7.82. The monoisotopic (exact) mass is 375 g/mol. The van der Waals surface area contributed by atoms with Crippen LogP contribution in [0.3, 0.4) is 0 Å². The zero-order chi connectivity index (χ0) is 19.1.